The van der Waals surface area contributed by atoms with Crippen molar-refractivity contribution >= 4 is 11.6 Å². The molecule has 0 bridgehead atoms. The number of rotatable bonds is 44. The van der Waals surface area contributed by atoms with Gasteiger partial charge in [-0.1, -0.05) is 194 Å². The van der Waals surface area contributed by atoms with E-state index in [0.717, 1.165) is 25.7 Å². The average molecular weight is 721 g/mol. The maximum Gasteiger partial charge on any atom is 0.132 e. The fourth-order valence-corrected chi connectivity index (χ4v) is 7.54. The highest BCUT2D eigenvalue weighted by atomic mass is 16.5. The third-order valence-electron chi connectivity index (χ3n) is 11.2. The predicted molar refractivity (Wildman–Crippen MR) is 223 cm³/mol. The summed E-state index contributed by atoms with van der Waals surface area (Å²) < 4.78 is 11.9. The number of Topliss-reactive ketones (excluding diaryl/α,β-unsaturated/α-hetero) is 2. The van der Waals surface area contributed by atoms with Crippen LogP contribution < -0.4 is 0 Å². The van der Waals surface area contributed by atoms with Crippen LogP contribution in [0, 0.1) is 5.41 Å². The minimum atomic E-state index is -0.249. The van der Waals surface area contributed by atoms with E-state index in [1.807, 2.05) is 13.8 Å². The van der Waals surface area contributed by atoms with Crippen LogP contribution in [0.3, 0.4) is 0 Å². The van der Waals surface area contributed by atoms with Crippen LogP contribution >= 0.6 is 0 Å². The number of ketones is 2. The van der Waals surface area contributed by atoms with Gasteiger partial charge in [0.2, 0.25) is 0 Å². The van der Waals surface area contributed by atoms with Crippen LogP contribution in [0.15, 0.2) is 0 Å². The van der Waals surface area contributed by atoms with Gasteiger partial charge in [0, 0.05) is 44.3 Å². The molecule has 0 aromatic carbocycles. The smallest absolute Gasteiger partial charge is 0.132 e. The first kappa shape index (κ1) is 50.3. The molecule has 0 radical (unpaired) electrons. The molecule has 0 saturated heterocycles. The molecule has 0 aromatic heterocycles. The molecule has 4 heteroatoms. The zero-order valence-corrected chi connectivity index (χ0v) is 35.4. The summed E-state index contributed by atoms with van der Waals surface area (Å²) in [5.74, 6) is 0.734. The molecule has 0 aliphatic heterocycles. The van der Waals surface area contributed by atoms with Crippen LogP contribution in [0.1, 0.15) is 259 Å². The zero-order chi connectivity index (χ0) is 37.4. The summed E-state index contributed by atoms with van der Waals surface area (Å²) in [6.07, 6.45) is 44.3. The number of carbonyl (C=O) groups is 2. The standard InChI is InChI=1S/C47H92O4/c1-5-9-11-13-15-17-19-21-23-25-27-29-31-33-35-37-45(48)39-41-47(43-50-7-3,44-51-8-4)42-40-46(49)38-36-34-32-30-28-26-24-22-20-18-16-14-12-10-6-2/h5-44H2,1-4H3. The molecular weight excluding hydrogens is 629 g/mol. The van der Waals surface area contributed by atoms with Crippen molar-refractivity contribution in [1.82, 2.24) is 0 Å². The molecule has 0 N–H and O–H groups in total. The summed E-state index contributed by atoms with van der Waals surface area (Å²) in [6.45, 7) is 11.1. The SMILES string of the molecule is CCCCCCCCCCCCCCCCCC(=O)CCC(CCC(=O)CCCCCCCCCCCCCCCCC)(COCC)COCC. The largest absolute Gasteiger partial charge is 0.381 e. The van der Waals surface area contributed by atoms with Crippen LogP contribution in [0.2, 0.25) is 0 Å². The van der Waals surface area contributed by atoms with Crippen molar-refractivity contribution in [3.05, 3.63) is 0 Å². The van der Waals surface area contributed by atoms with Gasteiger partial charge in [-0.3, -0.25) is 9.59 Å². The maximum atomic E-state index is 12.9. The van der Waals surface area contributed by atoms with Crippen molar-refractivity contribution in [2.45, 2.75) is 259 Å². The Morgan fingerprint density at radius 1 is 0.333 bits per heavy atom. The van der Waals surface area contributed by atoms with Crippen molar-refractivity contribution in [1.29, 1.82) is 0 Å². The molecule has 0 saturated carbocycles. The third-order valence-corrected chi connectivity index (χ3v) is 11.2. The molecule has 0 aliphatic rings. The lowest BCUT2D eigenvalue weighted by molar-refractivity contribution is -0.121. The molecule has 0 spiro atoms. The Labute approximate surface area is 320 Å². The highest BCUT2D eigenvalue weighted by molar-refractivity contribution is 5.79. The van der Waals surface area contributed by atoms with E-state index >= 15 is 0 Å². The zero-order valence-electron chi connectivity index (χ0n) is 35.4. The minimum absolute atomic E-state index is 0.249. The van der Waals surface area contributed by atoms with Gasteiger partial charge in [0.25, 0.3) is 0 Å². The number of hydrogen-bond donors (Lipinski definition) is 0. The van der Waals surface area contributed by atoms with E-state index in [4.69, 9.17) is 9.47 Å². The summed E-state index contributed by atoms with van der Waals surface area (Å²) in [5, 5.41) is 0. The molecule has 4 nitrogen and oxygen atoms in total. The van der Waals surface area contributed by atoms with Gasteiger partial charge in [0.1, 0.15) is 11.6 Å². The van der Waals surface area contributed by atoms with Crippen LogP contribution in [-0.4, -0.2) is 38.0 Å². The van der Waals surface area contributed by atoms with Gasteiger partial charge in [-0.2, -0.15) is 0 Å². The number of ether oxygens (including phenoxy) is 2. The minimum Gasteiger partial charge on any atom is -0.381 e. The van der Waals surface area contributed by atoms with Crippen molar-refractivity contribution in [3.8, 4) is 0 Å². The first-order valence-corrected chi connectivity index (χ1v) is 23.2. The Kier molecular flexibility index (Phi) is 39.9. The highest BCUT2D eigenvalue weighted by Gasteiger charge is 2.32. The van der Waals surface area contributed by atoms with Gasteiger partial charge in [0.05, 0.1) is 13.2 Å². The fraction of sp³-hybridized carbons (Fsp3) is 0.957. The summed E-state index contributed by atoms with van der Waals surface area (Å²) in [4.78, 5) is 25.9. The van der Waals surface area contributed by atoms with Gasteiger partial charge < -0.3 is 9.47 Å². The Hall–Kier alpha value is -0.740. The van der Waals surface area contributed by atoms with Crippen LogP contribution in [0.5, 0.6) is 0 Å². The first-order valence-electron chi connectivity index (χ1n) is 23.2. The van der Waals surface area contributed by atoms with Gasteiger partial charge in [-0.25, -0.2) is 0 Å². The summed E-state index contributed by atoms with van der Waals surface area (Å²) in [6, 6.07) is 0. The van der Waals surface area contributed by atoms with E-state index in [0.29, 0.717) is 63.7 Å². The second kappa shape index (κ2) is 40.4. The van der Waals surface area contributed by atoms with E-state index in [-0.39, 0.29) is 5.41 Å². The Balaban J connectivity index is 4.12. The second-order valence-electron chi connectivity index (χ2n) is 16.3. The second-order valence-corrected chi connectivity index (χ2v) is 16.3. The normalized spacial score (nSPS) is 11.8. The molecule has 0 fully saturated rings. The Morgan fingerprint density at radius 2 is 0.569 bits per heavy atom. The molecule has 51 heavy (non-hydrogen) atoms. The quantitative estimate of drug-likeness (QED) is 0.0588. The monoisotopic (exact) mass is 721 g/mol. The van der Waals surface area contributed by atoms with E-state index in [2.05, 4.69) is 13.8 Å². The topological polar surface area (TPSA) is 52.6 Å². The number of carbonyl (C=O) groups excluding carboxylic acids is 2. The highest BCUT2D eigenvalue weighted by Crippen LogP contribution is 2.32. The summed E-state index contributed by atoms with van der Waals surface area (Å²) in [7, 11) is 0. The van der Waals surface area contributed by atoms with Crippen molar-refractivity contribution in [3.63, 3.8) is 0 Å². The third kappa shape index (κ3) is 36.0. The lowest BCUT2D eigenvalue weighted by atomic mass is 9.78. The Morgan fingerprint density at radius 3 is 0.804 bits per heavy atom. The molecular formula is C47H92O4. The summed E-state index contributed by atoms with van der Waals surface area (Å²) >= 11 is 0. The Bertz CT molecular complexity index is 659. The van der Waals surface area contributed by atoms with Gasteiger partial charge >= 0.3 is 0 Å². The predicted octanol–water partition coefficient (Wildman–Crippen LogP) is 15.3. The van der Waals surface area contributed by atoms with E-state index < -0.39 is 0 Å². The van der Waals surface area contributed by atoms with E-state index in [9.17, 15) is 9.59 Å². The number of unbranched alkanes of at least 4 members (excludes halogenated alkanes) is 28. The van der Waals surface area contributed by atoms with E-state index in [1.165, 1.54) is 180 Å². The van der Waals surface area contributed by atoms with Gasteiger partial charge in [0.15, 0.2) is 0 Å². The average Bonchev–Trinajstić information content (AvgIpc) is 3.14. The van der Waals surface area contributed by atoms with Crippen LogP contribution in [0.4, 0.5) is 0 Å². The number of hydrogen-bond acceptors (Lipinski definition) is 4. The van der Waals surface area contributed by atoms with Gasteiger partial charge in [-0.15, -0.1) is 0 Å². The van der Waals surface area contributed by atoms with Crippen LogP contribution in [0.25, 0.3) is 0 Å². The van der Waals surface area contributed by atoms with Crippen molar-refractivity contribution in [2.24, 2.45) is 5.41 Å². The van der Waals surface area contributed by atoms with Crippen molar-refractivity contribution < 1.29 is 19.1 Å². The van der Waals surface area contributed by atoms with Crippen molar-refractivity contribution in [2.75, 3.05) is 26.4 Å². The first-order chi connectivity index (χ1) is 25.0. The van der Waals surface area contributed by atoms with E-state index in [1.54, 1.807) is 0 Å². The molecule has 0 aliphatic carbocycles. The van der Waals surface area contributed by atoms with Gasteiger partial charge in [-0.05, 0) is 39.5 Å². The lowest BCUT2D eigenvalue weighted by Gasteiger charge is -2.33. The maximum absolute atomic E-state index is 12.9. The molecule has 0 rings (SSSR count). The molecule has 304 valence electrons. The molecule has 0 atom stereocenters. The lowest BCUT2D eigenvalue weighted by Crippen LogP contribution is -2.34. The molecule has 0 unspecified atom stereocenters. The van der Waals surface area contributed by atoms with Crippen LogP contribution in [-0.2, 0) is 19.1 Å². The summed E-state index contributed by atoms with van der Waals surface area (Å²) in [5.41, 5.74) is -0.249. The molecule has 0 aromatic rings. The molecule has 0 amide bonds. The fourth-order valence-electron chi connectivity index (χ4n) is 7.54. The molecule has 0 heterocycles.